The Balaban J connectivity index is 2.36. The maximum atomic E-state index is 5.30. The topological polar surface area (TPSA) is 30.8 Å². The average Bonchev–Trinajstić information content (AvgIpc) is 2.47. The van der Waals surface area contributed by atoms with Crippen LogP contribution in [0, 0.1) is 6.92 Å². The number of hydrogen-bond acceptors (Lipinski definition) is 3. The lowest BCUT2D eigenvalue weighted by molar-refractivity contribution is 0.354. The summed E-state index contributed by atoms with van der Waals surface area (Å²) in [5.74, 6) is 1.37. The van der Waals surface area contributed by atoms with Crippen molar-refractivity contribution >= 4 is 27.8 Å². The SMILES string of the molecule is COc1cc(Br)c(C=Nc2ccccc2C)cc1OC. The molecule has 0 bridgehead atoms. The van der Waals surface area contributed by atoms with E-state index >= 15 is 0 Å². The monoisotopic (exact) mass is 333 g/mol. The second kappa shape index (κ2) is 6.57. The zero-order chi connectivity index (χ0) is 14.5. The fourth-order valence-corrected chi connectivity index (χ4v) is 2.24. The van der Waals surface area contributed by atoms with E-state index in [2.05, 4.69) is 20.9 Å². The number of para-hydroxylation sites is 1. The molecule has 20 heavy (non-hydrogen) atoms. The fourth-order valence-electron chi connectivity index (χ4n) is 1.82. The van der Waals surface area contributed by atoms with Gasteiger partial charge in [0.25, 0.3) is 0 Å². The summed E-state index contributed by atoms with van der Waals surface area (Å²) in [5.41, 5.74) is 3.03. The molecule has 2 aromatic rings. The van der Waals surface area contributed by atoms with E-state index in [1.807, 2.05) is 49.5 Å². The summed E-state index contributed by atoms with van der Waals surface area (Å²) >= 11 is 3.52. The Kier molecular flexibility index (Phi) is 4.79. The highest BCUT2D eigenvalue weighted by atomic mass is 79.9. The summed E-state index contributed by atoms with van der Waals surface area (Å²) in [4.78, 5) is 4.52. The van der Waals surface area contributed by atoms with Gasteiger partial charge in [0.1, 0.15) is 0 Å². The van der Waals surface area contributed by atoms with E-state index in [9.17, 15) is 0 Å². The lowest BCUT2D eigenvalue weighted by Gasteiger charge is -2.09. The maximum absolute atomic E-state index is 5.30. The first-order chi connectivity index (χ1) is 9.65. The second-order valence-electron chi connectivity index (χ2n) is 4.27. The normalized spacial score (nSPS) is 10.8. The van der Waals surface area contributed by atoms with Gasteiger partial charge in [0.05, 0.1) is 19.9 Å². The van der Waals surface area contributed by atoms with Crippen molar-refractivity contribution in [3.8, 4) is 11.5 Å². The summed E-state index contributed by atoms with van der Waals surface area (Å²) in [6, 6.07) is 11.8. The fraction of sp³-hybridized carbons (Fsp3) is 0.188. The Morgan fingerprint density at radius 3 is 2.35 bits per heavy atom. The molecule has 0 amide bonds. The van der Waals surface area contributed by atoms with E-state index in [4.69, 9.17) is 9.47 Å². The standard InChI is InChI=1S/C16H16BrNO2/c1-11-6-4-5-7-14(11)18-10-12-8-15(19-2)16(20-3)9-13(12)17/h4-10H,1-3H3. The van der Waals surface area contributed by atoms with Crippen LogP contribution in [-0.4, -0.2) is 20.4 Å². The van der Waals surface area contributed by atoms with Crippen molar-refractivity contribution in [2.45, 2.75) is 6.92 Å². The summed E-state index contributed by atoms with van der Waals surface area (Å²) < 4.78 is 11.5. The van der Waals surface area contributed by atoms with Crippen molar-refractivity contribution in [3.63, 3.8) is 0 Å². The molecular weight excluding hydrogens is 318 g/mol. The molecule has 0 radical (unpaired) electrons. The smallest absolute Gasteiger partial charge is 0.161 e. The van der Waals surface area contributed by atoms with Gasteiger partial charge in [-0.25, -0.2) is 0 Å². The predicted molar refractivity (Wildman–Crippen MR) is 85.7 cm³/mol. The van der Waals surface area contributed by atoms with Crippen LogP contribution in [0.25, 0.3) is 0 Å². The van der Waals surface area contributed by atoms with E-state index in [-0.39, 0.29) is 0 Å². The van der Waals surface area contributed by atoms with Gasteiger partial charge in [0.15, 0.2) is 11.5 Å². The van der Waals surface area contributed by atoms with Crippen LogP contribution in [0.4, 0.5) is 5.69 Å². The van der Waals surface area contributed by atoms with Gasteiger partial charge in [0, 0.05) is 16.3 Å². The van der Waals surface area contributed by atoms with Crippen LogP contribution < -0.4 is 9.47 Å². The van der Waals surface area contributed by atoms with Gasteiger partial charge in [0.2, 0.25) is 0 Å². The van der Waals surface area contributed by atoms with Gasteiger partial charge in [-0.3, -0.25) is 4.99 Å². The third-order valence-corrected chi connectivity index (χ3v) is 3.65. The third-order valence-electron chi connectivity index (χ3n) is 2.96. The van der Waals surface area contributed by atoms with Gasteiger partial charge in [-0.1, -0.05) is 18.2 Å². The maximum Gasteiger partial charge on any atom is 0.161 e. The Labute approximate surface area is 127 Å². The van der Waals surface area contributed by atoms with E-state index in [0.717, 1.165) is 21.3 Å². The van der Waals surface area contributed by atoms with Crippen LogP contribution in [0.2, 0.25) is 0 Å². The number of halogens is 1. The van der Waals surface area contributed by atoms with E-state index < -0.39 is 0 Å². The molecule has 0 saturated heterocycles. The van der Waals surface area contributed by atoms with Crippen LogP contribution in [0.1, 0.15) is 11.1 Å². The molecular formula is C16H16BrNO2. The van der Waals surface area contributed by atoms with Gasteiger partial charge < -0.3 is 9.47 Å². The van der Waals surface area contributed by atoms with Crippen LogP contribution in [0.5, 0.6) is 11.5 Å². The van der Waals surface area contributed by atoms with Crippen molar-refractivity contribution in [2.75, 3.05) is 14.2 Å². The molecule has 0 saturated carbocycles. The molecule has 2 rings (SSSR count). The van der Waals surface area contributed by atoms with Crippen LogP contribution in [0.15, 0.2) is 45.9 Å². The number of benzene rings is 2. The largest absolute Gasteiger partial charge is 0.493 e. The van der Waals surface area contributed by atoms with Gasteiger partial charge in [-0.15, -0.1) is 0 Å². The number of aliphatic imine (C=N–C) groups is 1. The summed E-state index contributed by atoms with van der Waals surface area (Å²) in [6.45, 7) is 2.04. The number of ether oxygens (including phenoxy) is 2. The summed E-state index contributed by atoms with van der Waals surface area (Å²) in [5, 5.41) is 0. The van der Waals surface area contributed by atoms with Gasteiger partial charge >= 0.3 is 0 Å². The molecule has 0 N–H and O–H groups in total. The van der Waals surface area contributed by atoms with Crippen LogP contribution in [0.3, 0.4) is 0 Å². The number of rotatable bonds is 4. The molecule has 0 atom stereocenters. The number of methoxy groups -OCH3 is 2. The van der Waals surface area contributed by atoms with Crippen molar-refractivity contribution in [1.29, 1.82) is 0 Å². The highest BCUT2D eigenvalue weighted by Gasteiger charge is 2.08. The minimum Gasteiger partial charge on any atom is -0.493 e. The van der Waals surface area contributed by atoms with E-state index in [0.29, 0.717) is 11.5 Å². The molecule has 0 aliphatic carbocycles. The molecule has 104 valence electrons. The van der Waals surface area contributed by atoms with Gasteiger partial charge in [-0.2, -0.15) is 0 Å². The molecule has 2 aromatic carbocycles. The summed E-state index contributed by atoms with van der Waals surface area (Å²) in [6.07, 6.45) is 1.81. The molecule has 0 fully saturated rings. The minimum absolute atomic E-state index is 0.682. The number of hydrogen-bond donors (Lipinski definition) is 0. The van der Waals surface area contributed by atoms with Crippen LogP contribution in [-0.2, 0) is 0 Å². The minimum atomic E-state index is 0.682. The first-order valence-corrected chi connectivity index (χ1v) is 6.96. The molecule has 0 aliphatic rings. The molecule has 0 heterocycles. The van der Waals surface area contributed by atoms with E-state index in [1.54, 1.807) is 14.2 Å². The van der Waals surface area contributed by atoms with Crippen LogP contribution >= 0.6 is 15.9 Å². The highest BCUT2D eigenvalue weighted by Crippen LogP contribution is 2.32. The molecule has 0 unspecified atom stereocenters. The zero-order valence-electron chi connectivity index (χ0n) is 11.7. The molecule has 0 aliphatic heterocycles. The quantitative estimate of drug-likeness (QED) is 0.770. The highest BCUT2D eigenvalue weighted by molar-refractivity contribution is 9.10. The molecule has 0 spiro atoms. The first-order valence-electron chi connectivity index (χ1n) is 6.17. The molecule has 4 heteroatoms. The second-order valence-corrected chi connectivity index (χ2v) is 5.13. The Morgan fingerprint density at radius 2 is 1.70 bits per heavy atom. The van der Waals surface area contributed by atoms with Crippen molar-refractivity contribution in [2.24, 2.45) is 4.99 Å². The number of nitrogens with zero attached hydrogens (tertiary/aromatic N) is 1. The third kappa shape index (κ3) is 3.20. The first kappa shape index (κ1) is 14.6. The molecule has 0 aromatic heterocycles. The van der Waals surface area contributed by atoms with Crippen molar-refractivity contribution < 1.29 is 9.47 Å². The predicted octanol–water partition coefficient (Wildman–Crippen LogP) is 4.53. The summed E-state index contributed by atoms with van der Waals surface area (Å²) in [7, 11) is 3.24. The lowest BCUT2D eigenvalue weighted by Crippen LogP contribution is -1.93. The zero-order valence-corrected chi connectivity index (χ0v) is 13.3. The Morgan fingerprint density at radius 1 is 1.05 bits per heavy atom. The molecule has 3 nitrogen and oxygen atoms in total. The van der Waals surface area contributed by atoms with E-state index in [1.165, 1.54) is 0 Å². The number of aryl methyl sites for hydroxylation is 1. The van der Waals surface area contributed by atoms with Gasteiger partial charge in [-0.05, 0) is 46.6 Å². The van der Waals surface area contributed by atoms with Crippen molar-refractivity contribution in [3.05, 3.63) is 52.0 Å². The average molecular weight is 334 g/mol. The lowest BCUT2D eigenvalue weighted by atomic mass is 10.2. The Bertz CT molecular complexity index is 638. The van der Waals surface area contributed by atoms with Crippen molar-refractivity contribution in [1.82, 2.24) is 0 Å². The Hall–Kier alpha value is -1.81.